The molecule has 0 saturated heterocycles. The van der Waals surface area contributed by atoms with Crippen molar-refractivity contribution in [3.05, 3.63) is 47.9 Å². The number of rotatable bonds is 12. The number of carbonyl (C=O) groups is 1. The molecule has 136 valence electrons. The number of Topliss-reactive ketones (excluding diaryl/α,β-unsaturated/α-hetero) is 1. The summed E-state index contributed by atoms with van der Waals surface area (Å²) in [5, 5.41) is 0. The molecule has 0 aliphatic carbocycles. The van der Waals surface area contributed by atoms with Gasteiger partial charge < -0.3 is 10.6 Å². The van der Waals surface area contributed by atoms with Crippen molar-refractivity contribution >= 4 is 5.78 Å². The number of nitrogens with zero attached hydrogens (tertiary/aromatic N) is 1. The molecule has 0 radical (unpaired) electrons. The zero-order valence-electron chi connectivity index (χ0n) is 16.3. The Kier molecular flexibility index (Phi) is 11.1. The molecular weight excluding hydrogens is 296 g/mol. The highest BCUT2D eigenvalue weighted by atomic mass is 16.1. The van der Waals surface area contributed by atoms with Gasteiger partial charge in [-0.15, -0.1) is 0 Å². The first kappa shape index (κ1) is 22.4. The van der Waals surface area contributed by atoms with E-state index in [0.717, 1.165) is 48.2 Å². The van der Waals surface area contributed by atoms with Gasteiger partial charge in [-0.3, -0.25) is 4.79 Å². The summed E-state index contributed by atoms with van der Waals surface area (Å²) < 4.78 is 0. The third kappa shape index (κ3) is 8.30. The van der Waals surface area contributed by atoms with Crippen LogP contribution in [0.1, 0.15) is 60.3 Å². The Hall–Kier alpha value is -1.61. The Morgan fingerprint density at radius 2 is 1.83 bits per heavy atom. The Labute approximate surface area is 149 Å². The minimum absolute atomic E-state index is 0.177. The highest BCUT2D eigenvalue weighted by molar-refractivity contribution is 5.96. The molecule has 0 aromatic rings. The predicted octanol–water partition coefficient (Wildman–Crippen LogP) is 4.97. The van der Waals surface area contributed by atoms with Gasteiger partial charge in [0.2, 0.25) is 0 Å². The highest BCUT2D eigenvalue weighted by Gasteiger charge is 2.18. The van der Waals surface area contributed by atoms with Crippen LogP contribution in [-0.4, -0.2) is 23.8 Å². The van der Waals surface area contributed by atoms with E-state index in [1.807, 2.05) is 31.9 Å². The molecule has 3 nitrogen and oxygen atoms in total. The normalized spacial score (nSPS) is 12.9. The van der Waals surface area contributed by atoms with Crippen molar-refractivity contribution in [2.24, 2.45) is 11.7 Å². The first-order valence-electron chi connectivity index (χ1n) is 8.92. The van der Waals surface area contributed by atoms with Crippen LogP contribution in [0.15, 0.2) is 47.9 Å². The van der Waals surface area contributed by atoms with Gasteiger partial charge in [0.15, 0.2) is 5.78 Å². The van der Waals surface area contributed by atoms with Crippen molar-refractivity contribution < 1.29 is 4.79 Å². The summed E-state index contributed by atoms with van der Waals surface area (Å²) in [5.41, 5.74) is 9.39. The molecule has 0 aromatic carbocycles. The summed E-state index contributed by atoms with van der Waals surface area (Å²) in [6.45, 7) is 19.5. The van der Waals surface area contributed by atoms with Crippen LogP contribution in [0.25, 0.3) is 0 Å². The lowest BCUT2D eigenvalue weighted by Gasteiger charge is -2.25. The monoisotopic (exact) mass is 332 g/mol. The van der Waals surface area contributed by atoms with Crippen LogP contribution in [0.3, 0.4) is 0 Å². The number of ketones is 1. The molecule has 0 aliphatic rings. The van der Waals surface area contributed by atoms with Crippen LogP contribution in [0.2, 0.25) is 0 Å². The molecule has 0 fully saturated rings. The summed E-state index contributed by atoms with van der Waals surface area (Å²) in [4.78, 5) is 14.9. The van der Waals surface area contributed by atoms with Gasteiger partial charge in [-0.25, -0.2) is 0 Å². The van der Waals surface area contributed by atoms with Crippen LogP contribution in [0.4, 0.5) is 0 Å². The van der Waals surface area contributed by atoms with E-state index >= 15 is 0 Å². The molecule has 2 N–H and O–H groups in total. The smallest absolute Gasteiger partial charge is 0.179 e. The van der Waals surface area contributed by atoms with Crippen LogP contribution >= 0.6 is 0 Å². The summed E-state index contributed by atoms with van der Waals surface area (Å²) in [6.07, 6.45) is 7.15. The van der Waals surface area contributed by atoms with Crippen LogP contribution < -0.4 is 5.73 Å². The van der Waals surface area contributed by atoms with Gasteiger partial charge in [-0.2, -0.15) is 0 Å². The lowest BCUT2D eigenvalue weighted by molar-refractivity contribution is -0.117. The van der Waals surface area contributed by atoms with E-state index in [1.165, 1.54) is 0 Å². The zero-order chi connectivity index (χ0) is 18.7. The molecule has 0 bridgehead atoms. The zero-order valence-corrected chi connectivity index (χ0v) is 16.3. The van der Waals surface area contributed by atoms with Gasteiger partial charge >= 0.3 is 0 Å². The minimum Gasteiger partial charge on any atom is -0.345 e. The largest absolute Gasteiger partial charge is 0.345 e. The maximum absolute atomic E-state index is 12.9. The van der Waals surface area contributed by atoms with E-state index in [0.29, 0.717) is 18.9 Å². The van der Waals surface area contributed by atoms with E-state index in [4.69, 9.17) is 5.73 Å². The van der Waals surface area contributed by atoms with Crippen LogP contribution in [0, 0.1) is 5.92 Å². The van der Waals surface area contributed by atoms with Gasteiger partial charge in [-0.1, -0.05) is 45.1 Å². The van der Waals surface area contributed by atoms with Crippen molar-refractivity contribution in [3.8, 4) is 0 Å². The van der Waals surface area contributed by atoms with E-state index < -0.39 is 0 Å². The second-order valence-electron chi connectivity index (χ2n) is 6.87. The van der Waals surface area contributed by atoms with E-state index in [9.17, 15) is 4.79 Å². The summed E-state index contributed by atoms with van der Waals surface area (Å²) >= 11 is 0. The molecule has 0 unspecified atom stereocenters. The quantitative estimate of drug-likeness (QED) is 0.405. The molecule has 0 amide bonds. The summed E-state index contributed by atoms with van der Waals surface area (Å²) in [6, 6.07) is 0. The van der Waals surface area contributed by atoms with Crippen LogP contribution in [-0.2, 0) is 4.79 Å². The molecule has 3 heteroatoms. The summed E-state index contributed by atoms with van der Waals surface area (Å²) in [7, 11) is 0. The van der Waals surface area contributed by atoms with Crippen molar-refractivity contribution in [1.82, 2.24) is 4.90 Å². The average molecular weight is 333 g/mol. The molecule has 0 spiro atoms. The highest BCUT2D eigenvalue weighted by Crippen LogP contribution is 2.20. The Balaban J connectivity index is 5.54. The second-order valence-corrected chi connectivity index (χ2v) is 6.87. The number of allylic oxidation sites excluding steroid dienone is 5. The SMILES string of the molecule is C=C/C(C)=C(/C(=O)CCCC(C)C)N(/C=C(\C)C(=C)C)CCCN. The molecule has 0 atom stereocenters. The van der Waals surface area contributed by atoms with Crippen LogP contribution in [0.5, 0.6) is 0 Å². The molecule has 0 aromatic heterocycles. The number of hydrogen-bond acceptors (Lipinski definition) is 3. The van der Waals surface area contributed by atoms with Crippen molar-refractivity contribution in [2.75, 3.05) is 13.1 Å². The molecule has 0 heterocycles. The predicted molar refractivity (Wildman–Crippen MR) is 106 cm³/mol. The lowest BCUT2D eigenvalue weighted by Crippen LogP contribution is -2.27. The van der Waals surface area contributed by atoms with Gasteiger partial charge in [0.25, 0.3) is 0 Å². The first-order chi connectivity index (χ1) is 11.2. The molecular formula is C21H36N2O. The lowest BCUT2D eigenvalue weighted by atomic mass is 10.0. The van der Waals surface area contributed by atoms with Gasteiger partial charge in [0.1, 0.15) is 0 Å². The van der Waals surface area contributed by atoms with Gasteiger partial charge in [0.05, 0.1) is 5.70 Å². The van der Waals surface area contributed by atoms with Crippen molar-refractivity contribution in [1.29, 1.82) is 0 Å². The van der Waals surface area contributed by atoms with Crippen molar-refractivity contribution in [2.45, 2.75) is 60.3 Å². The minimum atomic E-state index is 0.177. The fraction of sp³-hybridized carbons (Fsp3) is 0.571. The Morgan fingerprint density at radius 3 is 2.29 bits per heavy atom. The molecule has 24 heavy (non-hydrogen) atoms. The topological polar surface area (TPSA) is 46.3 Å². The fourth-order valence-electron chi connectivity index (χ4n) is 2.34. The molecule has 0 aliphatic heterocycles. The maximum atomic E-state index is 12.9. The first-order valence-corrected chi connectivity index (χ1v) is 8.92. The number of nitrogens with two attached hydrogens (primary N) is 1. The molecule has 0 saturated carbocycles. The van der Waals surface area contributed by atoms with Gasteiger partial charge in [0, 0.05) is 19.2 Å². The van der Waals surface area contributed by atoms with Gasteiger partial charge in [-0.05, 0) is 57.2 Å². The Bertz CT molecular complexity index is 498. The second kappa shape index (κ2) is 11.9. The van der Waals surface area contributed by atoms with Crippen molar-refractivity contribution in [3.63, 3.8) is 0 Å². The average Bonchev–Trinajstić information content (AvgIpc) is 2.51. The Morgan fingerprint density at radius 1 is 1.21 bits per heavy atom. The van der Waals surface area contributed by atoms with E-state index in [2.05, 4.69) is 27.0 Å². The standard InChI is InChI=1S/C21H36N2O/c1-8-18(6)21(20(24)12-9-11-16(2)3)23(14-10-13-22)15-19(7)17(4)5/h8,15-16H,1,4,9-14,22H2,2-3,5-7H3/b19-15+,21-18-. The summed E-state index contributed by atoms with van der Waals surface area (Å²) in [5.74, 6) is 0.792. The van der Waals surface area contributed by atoms with E-state index in [1.54, 1.807) is 6.08 Å². The van der Waals surface area contributed by atoms with E-state index in [-0.39, 0.29) is 5.78 Å². The molecule has 0 rings (SSSR count). The third-order valence-electron chi connectivity index (χ3n) is 4.04. The fourth-order valence-corrected chi connectivity index (χ4v) is 2.34. The number of hydrogen-bond donors (Lipinski definition) is 1. The maximum Gasteiger partial charge on any atom is 0.179 e. The third-order valence-corrected chi connectivity index (χ3v) is 4.04. The number of carbonyl (C=O) groups excluding carboxylic acids is 1.